The molecule has 1 N–H and O–H groups in total. The smallest absolute Gasteiger partial charge is 0.169 e. The number of aromatic amines is 1. The van der Waals surface area contributed by atoms with Gasteiger partial charge in [0.15, 0.2) is 5.78 Å². The predicted molar refractivity (Wildman–Crippen MR) is 145 cm³/mol. The fourth-order valence-electron chi connectivity index (χ4n) is 4.61. The molecule has 1 aliphatic heterocycles. The minimum atomic E-state index is -0.382. The summed E-state index contributed by atoms with van der Waals surface area (Å²) in [5, 5.41) is 7.39. The van der Waals surface area contributed by atoms with Crippen LogP contribution in [-0.2, 0) is 17.6 Å². The minimum Gasteiger partial charge on any atom is -0.493 e. The van der Waals surface area contributed by atoms with Crippen molar-refractivity contribution in [2.45, 2.75) is 60.8 Å². The molecule has 3 rings (SSSR count). The van der Waals surface area contributed by atoms with Crippen LogP contribution in [0.25, 0.3) is 5.57 Å². The first kappa shape index (κ1) is 27.4. The lowest BCUT2D eigenvalue weighted by molar-refractivity contribution is -0.120. The lowest BCUT2D eigenvalue weighted by Crippen LogP contribution is -2.30. The number of ketones is 1. The highest BCUT2D eigenvalue weighted by molar-refractivity contribution is 6.02. The van der Waals surface area contributed by atoms with E-state index in [1.807, 2.05) is 25.3 Å². The summed E-state index contributed by atoms with van der Waals surface area (Å²) in [6.07, 6.45) is 10.2. The van der Waals surface area contributed by atoms with Crippen molar-refractivity contribution in [3.05, 3.63) is 88.6 Å². The summed E-state index contributed by atoms with van der Waals surface area (Å²) in [6, 6.07) is 4.48. The largest absolute Gasteiger partial charge is 0.493 e. The van der Waals surface area contributed by atoms with E-state index in [1.54, 1.807) is 6.07 Å². The van der Waals surface area contributed by atoms with Crippen LogP contribution in [0.5, 0.6) is 5.75 Å². The molecule has 0 aliphatic carbocycles. The number of allylic oxidation sites excluding steroid dienone is 7. The third-order valence-electron chi connectivity index (χ3n) is 7.14. The molecule has 2 atom stereocenters. The number of rotatable bonds is 10. The van der Waals surface area contributed by atoms with Crippen LogP contribution >= 0.6 is 0 Å². The van der Waals surface area contributed by atoms with Gasteiger partial charge in [0, 0.05) is 16.8 Å². The van der Waals surface area contributed by atoms with Gasteiger partial charge in [-0.2, -0.15) is 5.10 Å². The van der Waals surface area contributed by atoms with Crippen molar-refractivity contribution in [2.75, 3.05) is 6.61 Å². The maximum atomic E-state index is 13.8. The van der Waals surface area contributed by atoms with Crippen molar-refractivity contribution >= 4 is 11.4 Å². The van der Waals surface area contributed by atoms with E-state index in [1.165, 1.54) is 17.7 Å². The van der Waals surface area contributed by atoms with Crippen molar-refractivity contribution in [2.24, 2.45) is 17.8 Å². The number of ether oxygens (including phenoxy) is 1. The number of halogens is 1. The summed E-state index contributed by atoms with van der Waals surface area (Å²) >= 11 is 0. The molecule has 1 aromatic carbocycles. The molecule has 0 spiro atoms. The molecule has 0 radical (unpaired) electrons. The number of fused-ring (bicyclic) bond motifs is 1. The Bertz CT molecular complexity index is 1200. The lowest BCUT2D eigenvalue weighted by Gasteiger charge is -2.26. The van der Waals surface area contributed by atoms with Crippen LogP contribution in [0, 0.1) is 23.6 Å². The van der Waals surface area contributed by atoms with Crippen molar-refractivity contribution in [3.8, 4) is 5.75 Å². The van der Waals surface area contributed by atoms with Gasteiger partial charge in [0.05, 0.1) is 18.7 Å². The van der Waals surface area contributed by atoms with Gasteiger partial charge in [-0.1, -0.05) is 59.4 Å². The number of aromatic nitrogens is 2. The number of carbonyl (C=O) groups excluding carboxylic acids is 1. The third kappa shape index (κ3) is 5.95. The molecule has 36 heavy (non-hydrogen) atoms. The second-order valence-corrected chi connectivity index (χ2v) is 9.84. The summed E-state index contributed by atoms with van der Waals surface area (Å²) in [7, 11) is 0. The highest BCUT2D eigenvalue weighted by Gasteiger charge is 2.30. The summed E-state index contributed by atoms with van der Waals surface area (Å²) < 4.78 is 19.7. The first-order valence-corrected chi connectivity index (χ1v) is 13.0. The second-order valence-electron chi connectivity index (χ2n) is 9.84. The predicted octanol–water partition coefficient (Wildman–Crippen LogP) is 7.45. The van der Waals surface area contributed by atoms with Crippen LogP contribution in [0.3, 0.4) is 0 Å². The van der Waals surface area contributed by atoms with Crippen molar-refractivity contribution in [3.63, 3.8) is 0 Å². The third-order valence-corrected chi connectivity index (χ3v) is 7.14. The van der Waals surface area contributed by atoms with E-state index in [0.717, 1.165) is 40.8 Å². The molecule has 1 aliphatic rings. The molecule has 0 saturated carbocycles. The van der Waals surface area contributed by atoms with Gasteiger partial charge in [0.2, 0.25) is 0 Å². The maximum Gasteiger partial charge on any atom is 0.169 e. The first-order chi connectivity index (χ1) is 17.2. The Hall–Kier alpha value is -3.21. The van der Waals surface area contributed by atoms with Gasteiger partial charge in [-0.05, 0) is 78.5 Å². The standard InChI is InChI=1S/C31H39FN2O2/c1-8-20(6)26(28-17-33-34-29(28)10-3)12-13-27(21(7)19(4)5)25(9-2)31(35)23-15-22-16-24(32)11-14-30(22)36-18-23/h9,11-14,16-17,19-20,23H,7-8,10,15,18H2,1-6H3,(H,33,34)/b25-9+,26-12+,27-13+. The fourth-order valence-corrected chi connectivity index (χ4v) is 4.61. The van der Waals surface area contributed by atoms with Crippen LogP contribution in [-0.4, -0.2) is 22.6 Å². The molecule has 192 valence electrons. The normalized spacial score (nSPS) is 17.6. The molecule has 0 amide bonds. The Labute approximate surface area is 215 Å². The molecule has 0 bridgehead atoms. The Kier molecular flexibility index (Phi) is 9.25. The molecule has 2 heterocycles. The Morgan fingerprint density at radius 2 is 2.00 bits per heavy atom. The fraction of sp³-hybridized carbons (Fsp3) is 0.419. The van der Waals surface area contributed by atoms with Gasteiger partial charge < -0.3 is 4.74 Å². The van der Waals surface area contributed by atoms with E-state index >= 15 is 0 Å². The van der Waals surface area contributed by atoms with E-state index < -0.39 is 0 Å². The minimum absolute atomic E-state index is 0.00323. The molecular formula is C31H39FN2O2. The Morgan fingerprint density at radius 1 is 1.25 bits per heavy atom. The number of benzene rings is 1. The lowest BCUT2D eigenvalue weighted by atomic mass is 9.82. The van der Waals surface area contributed by atoms with Gasteiger partial charge in [-0.15, -0.1) is 0 Å². The molecule has 2 unspecified atom stereocenters. The van der Waals surface area contributed by atoms with Crippen LogP contribution in [0.4, 0.5) is 4.39 Å². The number of H-pyrrole nitrogens is 1. The van der Waals surface area contributed by atoms with Crippen LogP contribution in [0.15, 0.2) is 65.9 Å². The van der Waals surface area contributed by atoms with Crippen LogP contribution in [0.1, 0.15) is 64.8 Å². The number of aryl methyl sites for hydroxylation is 1. The van der Waals surface area contributed by atoms with Crippen molar-refractivity contribution in [1.82, 2.24) is 10.2 Å². The topological polar surface area (TPSA) is 55.0 Å². The highest BCUT2D eigenvalue weighted by Crippen LogP contribution is 2.34. The molecule has 4 nitrogen and oxygen atoms in total. The van der Waals surface area contributed by atoms with Crippen molar-refractivity contribution in [1.29, 1.82) is 0 Å². The zero-order valence-electron chi connectivity index (χ0n) is 22.5. The SMILES string of the molecule is C=C(C(=C\C=C(\c1cn[nH]c1CC)C(C)CC)/C(=C\C)C(=O)C1COc2ccc(F)cc2C1)C(C)C. The summed E-state index contributed by atoms with van der Waals surface area (Å²) in [5.41, 5.74) is 6.51. The molecule has 2 aromatic rings. The number of carbonyl (C=O) groups is 1. The molecule has 0 saturated heterocycles. The van der Waals surface area contributed by atoms with Crippen LogP contribution < -0.4 is 4.74 Å². The number of hydrogen-bond donors (Lipinski definition) is 1. The quantitative estimate of drug-likeness (QED) is 0.278. The van der Waals surface area contributed by atoms with Gasteiger partial charge in [-0.3, -0.25) is 9.89 Å². The average molecular weight is 491 g/mol. The summed E-state index contributed by atoms with van der Waals surface area (Å²) in [4.78, 5) is 13.8. The zero-order chi connectivity index (χ0) is 26.4. The van der Waals surface area contributed by atoms with Gasteiger partial charge in [0.1, 0.15) is 11.6 Å². The molecule has 0 fully saturated rings. The van der Waals surface area contributed by atoms with E-state index in [2.05, 4.69) is 57.5 Å². The van der Waals surface area contributed by atoms with Crippen LogP contribution in [0.2, 0.25) is 0 Å². The van der Waals surface area contributed by atoms with Gasteiger partial charge >= 0.3 is 0 Å². The zero-order valence-corrected chi connectivity index (χ0v) is 22.5. The van der Waals surface area contributed by atoms with Gasteiger partial charge in [0.25, 0.3) is 0 Å². The average Bonchev–Trinajstić information content (AvgIpc) is 3.35. The molecule has 1 aromatic heterocycles. The monoisotopic (exact) mass is 490 g/mol. The number of nitrogens with one attached hydrogen (secondary N) is 1. The van der Waals surface area contributed by atoms with E-state index in [-0.39, 0.29) is 30.0 Å². The Morgan fingerprint density at radius 3 is 2.64 bits per heavy atom. The van der Waals surface area contributed by atoms with E-state index in [9.17, 15) is 9.18 Å². The van der Waals surface area contributed by atoms with E-state index in [0.29, 0.717) is 23.7 Å². The number of nitrogens with zero attached hydrogens (tertiary/aromatic N) is 1. The molecule has 5 heteroatoms. The summed E-state index contributed by atoms with van der Waals surface area (Å²) in [5.74, 6) is 0.429. The second kappa shape index (κ2) is 12.2. The van der Waals surface area contributed by atoms with Gasteiger partial charge in [-0.25, -0.2) is 4.39 Å². The van der Waals surface area contributed by atoms with E-state index in [4.69, 9.17) is 4.74 Å². The highest BCUT2D eigenvalue weighted by atomic mass is 19.1. The number of Topliss-reactive ketones (excluding diaryl/α,β-unsaturated/α-hetero) is 1. The summed E-state index contributed by atoms with van der Waals surface area (Å²) in [6.45, 7) is 17.2. The number of hydrogen-bond acceptors (Lipinski definition) is 3. The Balaban J connectivity index is 2.02. The van der Waals surface area contributed by atoms with Crippen molar-refractivity contribution < 1.29 is 13.9 Å². The maximum absolute atomic E-state index is 13.8. The first-order valence-electron chi connectivity index (χ1n) is 13.0. The molecular weight excluding hydrogens is 451 g/mol.